The van der Waals surface area contributed by atoms with E-state index in [1.54, 1.807) is 11.9 Å². The summed E-state index contributed by atoms with van der Waals surface area (Å²) in [6.45, 7) is 3.70. The van der Waals surface area contributed by atoms with E-state index in [1.807, 2.05) is 47.8 Å². The lowest BCUT2D eigenvalue weighted by Crippen LogP contribution is -2.47. The van der Waals surface area contributed by atoms with Crippen LogP contribution in [0.1, 0.15) is 23.3 Å². The van der Waals surface area contributed by atoms with Gasteiger partial charge in [-0.15, -0.1) is 23.7 Å². The first-order valence-corrected chi connectivity index (χ1v) is 9.30. The Morgan fingerprint density at radius 1 is 1.20 bits per heavy atom. The largest absolute Gasteiger partial charge is 0.371 e. The number of aliphatic hydroxyl groups is 1. The second-order valence-corrected chi connectivity index (χ2v) is 7.28. The highest BCUT2D eigenvalue weighted by molar-refractivity contribution is 7.10. The number of carbonyl (C=O) groups excluding carboxylic acids is 1. The molecule has 136 valence electrons. The number of rotatable bonds is 6. The Kier molecular flexibility index (Phi) is 7.02. The molecular formula is C19H25ClN2O2S. The summed E-state index contributed by atoms with van der Waals surface area (Å²) in [7, 11) is 1.78. The summed E-state index contributed by atoms with van der Waals surface area (Å²) in [5.41, 5.74) is -1.000. The van der Waals surface area contributed by atoms with Crippen LogP contribution in [-0.4, -0.2) is 54.0 Å². The molecule has 0 bridgehead atoms. The third-order valence-electron chi connectivity index (χ3n) is 4.68. The first kappa shape index (κ1) is 19.9. The third kappa shape index (κ3) is 4.23. The Labute approximate surface area is 159 Å². The zero-order chi connectivity index (χ0) is 17.0. The molecule has 0 spiro atoms. The SMILES string of the molecule is CN(CCN1CCCC1)C(=O)C(O)(c1ccccc1)c1cccs1.Cl. The summed E-state index contributed by atoms with van der Waals surface area (Å²) in [6, 6.07) is 12.9. The number of hydrogen-bond donors (Lipinski definition) is 1. The number of likely N-dealkylation sites (N-methyl/N-ethyl adjacent to an activating group) is 1. The van der Waals surface area contributed by atoms with Crippen LogP contribution in [0.5, 0.6) is 0 Å². The maximum Gasteiger partial charge on any atom is 0.264 e. The predicted molar refractivity (Wildman–Crippen MR) is 104 cm³/mol. The number of carbonyl (C=O) groups is 1. The van der Waals surface area contributed by atoms with Gasteiger partial charge in [0.15, 0.2) is 0 Å². The van der Waals surface area contributed by atoms with Gasteiger partial charge in [0.1, 0.15) is 0 Å². The third-order valence-corrected chi connectivity index (χ3v) is 5.65. The van der Waals surface area contributed by atoms with E-state index in [2.05, 4.69) is 4.90 Å². The molecule has 1 aliphatic rings. The van der Waals surface area contributed by atoms with Crippen molar-refractivity contribution in [3.8, 4) is 0 Å². The second-order valence-electron chi connectivity index (χ2n) is 6.33. The monoisotopic (exact) mass is 380 g/mol. The number of halogens is 1. The van der Waals surface area contributed by atoms with Crippen LogP contribution in [0.15, 0.2) is 47.8 Å². The highest BCUT2D eigenvalue weighted by Crippen LogP contribution is 2.34. The molecule has 1 aromatic heterocycles. The van der Waals surface area contributed by atoms with Gasteiger partial charge in [-0.2, -0.15) is 0 Å². The van der Waals surface area contributed by atoms with Crippen molar-refractivity contribution in [2.24, 2.45) is 0 Å². The lowest BCUT2D eigenvalue weighted by Gasteiger charge is -2.32. The van der Waals surface area contributed by atoms with Crippen molar-refractivity contribution in [3.05, 3.63) is 58.3 Å². The minimum absolute atomic E-state index is 0. The van der Waals surface area contributed by atoms with Crippen molar-refractivity contribution in [2.75, 3.05) is 33.2 Å². The summed E-state index contributed by atoms with van der Waals surface area (Å²) in [6.07, 6.45) is 2.47. The number of benzene rings is 1. The Bertz CT molecular complexity index is 659. The number of thiophene rings is 1. The smallest absolute Gasteiger partial charge is 0.264 e. The van der Waals surface area contributed by atoms with Crippen molar-refractivity contribution >= 4 is 29.7 Å². The molecule has 2 aromatic rings. The lowest BCUT2D eigenvalue weighted by molar-refractivity contribution is -0.146. The molecule has 1 atom stereocenters. The molecule has 2 heterocycles. The number of likely N-dealkylation sites (tertiary alicyclic amines) is 1. The van der Waals surface area contributed by atoms with Gasteiger partial charge >= 0.3 is 0 Å². The molecule has 4 nitrogen and oxygen atoms in total. The number of hydrogen-bond acceptors (Lipinski definition) is 4. The Morgan fingerprint density at radius 3 is 2.48 bits per heavy atom. The fourth-order valence-electron chi connectivity index (χ4n) is 3.21. The molecule has 6 heteroatoms. The van der Waals surface area contributed by atoms with Gasteiger partial charge in [-0.25, -0.2) is 0 Å². The van der Waals surface area contributed by atoms with Crippen molar-refractivity contribution in [1.82, 2.24) is 9.80 Å². The van der Waals surface area contributed by atoms with Crippen LogP contribution in [0, 0.1) is 0 Å². The first-order valence-electron chi connectivity index (χ1n) is 8.42. The van der Waals surface area contributed by atoms with E-state index in [9.17, 15) is 9.90 Å². The maximum atomic E-state index is 13.1. The molecule has 1 aromatic carbocycles. The summed E-state index contributed by atoms with van der Waals surface area (Å²) in [5, 5.41) is 13.3. The van der Waals surface area contributed by atoms with Crippen LogP contribution in [0.4, 0.5) is 0 Å². The summed E-state index contributed by atoms with van der Waals surface area (Å²) < 4.78 is 0. The van der Waals surface area contributed by atoms with Gasteiger partial charge in [0.05, 0.1) is 4.88 Å². The average molecular weight is 381 g/mol. The molecule has 0 aliphatic carbocycles. The normalized spacial score (nSPS) is 16.9. The number of amides is 1. The molecule has 1 unspecified atom stereocenters. The average Bonchev–Trinajstić information content (AvgIpc) is 3.32. The van der Waals surface area contributed by atoms with E-state index in [0.29, 0.717) is 17.0 Å². The second kappa shape index (κ2) is 8.81. The fourth-order valence-corrected chi connectivity index (χ4v) is 4.05. The Morgan fingerprint density at radius 2 is 1.88 bits per heavy atom. The van der Waals surface area contributed by atoms with Crippen LogP contribution >= 0.6 is 23.7 Å². The van der Waals surface area contributed by atoms with Gasteiger partial charge in [0.2, 0.25) is 5.60 Å². The zero-order valence-corrected chi connectivity index (χ0v) is 16.1. The van der Waals surface area contributed by atoms with Crippen LogP contribution in [0.25, 0.3) is 0 Å². The molecule has 1 saturated heterocycles. The van der Waals surface area contributed by atoms with E-state index < -0.39 is 5.60 Å². The first-order chi connectivity index (χ1) is 11.6. The van der Waals surface area contributed by atoms with E-state index in [-0.39, 0.29) is 18.3 Å². The van der Waals surface area contributed by atoms with E-state index in [0.717, 1.165) is 19.6 Å². The van der Waals surface area contributed by atoms with Gasteiger partial charge in [0.25, 0.3) is 5.91 Å². The highest BCUT2D eigenvalue weighted by atomic mass is 35.5. The van der Waals surface area contributed by atoms with Crippen LogP contribution in [-0.2, 0) is 10.4 Å². The quantitative estimate of drug-likeness (QED) is 0.837. The molecule has 25 heavy (non-hydrogen) atoms. The topological polar surface area (TPSA) is 43.8 Å². The van der Waals surface area contributed by atoms with Gasteiger partial charge in [-0.1, -0.05) is 36.4 Å². The Balaban J connectivity index is 0.00000225. The van der Waals surface area contributed by atoms with Crippen LogP contribution < -0.4 is 0 Å². The summed E-state index contributed by atoms with van der Waals surface area (Å²) in [4.78, 5) is 17.8. The van der Waals surface area contributed by atoms with Gasteiger partial charge in [-0.05, 0) is 42.9 Å². The standard InChI is InChI=1S/C19H24N2O2S.ClH/c1-20(13-14-21-11-5-6-12-21)18(22)19(23,17-10-7-15-24-17)16-8-3-2-4-9-16;/h2-4,7-10,15,23H,5-6,11-14H2,1H3;1H. The molecular weight excluding hydrogens is 356 g/mol. The van der Waals surface area contributed by atoms with E-state index in [1.165, 1.54) is 24.2 Å². The van der Waals surface area contributed by atoms with Gasteiger partial charge in [0, 0.05) is 20.1 Å². The van der Waals surface area contributed by atoms with Crippen molar-refractivity contribution < 1.29 is 9.90 Å². The minimum Gasteiger partial charge on any atom is -0.371 e. The van der Waals surface area contributed by atoms with Gasteiger partial charge < -0.3 is 14.9 Å². The molecule has 1 fully saturated rings. The Hall–Kier alpha value is -1.40. The lowest BCUT2D eigenvalue weighted by atomic mass is 9.90. The molecule has 0 saturated carbocycles. The molecule has 1 amide bonds. The van der Waals surface area contributed by atoms with Gasteiger partial charge in [-0.3, -0.25) is 4.79 Å². The molecule has 1 N–H and O–H groups in total. The highest BCUT2D eigenvalue weighted by Gasteiger charge is 2.42. The number of nitrogens with zero attached hydrogens (tertiary/aromatic N) is 2. The summed E-state index contributed by atoms with van der Waals surface area (Å²) >= 11 is 1.41. The van der Waals surface area contributed by atoms with E-state index >= 15 is 0 Å². The maximum absolute atomic E-state index is 13.1. The van der Waals surface area contributed by atoms with Crippen molar-refractivity contribution in [1.29, 1.82) is 0 Å². The summed E-state index contributed by atoms with van der Waals surface area (Å²) in [5.74, 6) is -0.268. The van der Waals surface area contributed by atoms with E-state index in [4.69, 9.17) is 0 Å². The van der Waals surface area contributed by atoms with Crippen molar-refractivity contribution in [2.45, 2.75) is 18.4 Å². The predicted octanol–water partition coefficient (Wildman–Crippen LogP) is 2.96. The molecule has 1 aliphatic heterocycles. The molecule has 3 rings (SSSR count). The zero-order valence-electron chi connectivity index (χ0n) is 14.4. The van der Waals surface area contributed by atoms with Crippen LogP contribution in [0.2, 0.25) is 0 Å². The molecule has 0 radical (unpaired) electrons. The minimum atomic E-state index is -1.62. The fraction of sp³-hybridized carbons (Fsp3) is 0.421. The van der Waals surface area contributed by atoms with Crippen LogP contribution in [0.3, 0.4) is 0 Å². The van der Waals surface area contributed by atoms with Crippen molar-refractivity contribution in [3.63, 3.8) is 0 Å².